The Morgan fingerprint density at radius 1 is 1.30 bits per heavy atom. The number of hydrogen-bond acceptors (Lipinski definition) is 3. The largest absolute Gasteiger partial charge is 0.443 e. The molecule has 110 valence electrons. The van der Waals surface area contributed by atoms with Crippen LogP contribution in [0.4, 0.5) is 18.0 Å². The standard InChI is InChI=1S/C13H14F3NO3/c1-17-10(7-18)11(20-12(17)19)6-8-2-4-9(5-3-8)13(14,15)16/h2-5,10-11,18H,6-7H2,1H3. The van der Waals surface area contributed by atoms with Crippen LogP contribution in [0, 0.1) is 0 Å². The Morgan fingerprint density at radius 3 is 2.40 bits per heavy atom. The second-order valence-electron chi connectivity index (χ2n) is 4.68. The van der Waals surface area contributed by atoms with Crippen LogP contribution >= 0.6 is 0 Å². The van der Waals surface area contributed by atoms with Crippen molar-refractivity contribution in [3.05, 3.63) is 35.4 Å². The molecule has 0 aliphatic carbocycles. The lowest BCUT2D eigenvalue weighted by molar-refractivity contribution is -0.137. The Kier molecular flexibility index (Phi) is 3.89. The number of benzene rings is 1. The molecule has 0 saturated carbocycles. The molecule has 2 unspecified atom stereocenters. The normalized spacial score (nSPS) is 23.1. The van der Waals surface area contributed by atoms with Crippen LogP contribution < -0.4 is 0 Å². The molecule has 1 saturated heterocycles. The van der Waals surface area contributed by atoms with Crippen molar-refractivity contribution in [2.45, 2.75) is 24.7 Å². The maximum atomic E-state index is 12.4. The fraction of sp³-hybridized carbons (Fsp3) is 0.462. The fourth-order valence-corrected chi connectivity index (χ4v) is 2.16. The van der Waals surface area contributed by atoms with E-state index in [0.717, 1.165) is 12.1 Å². The molecule has 20 heavy (non-hydrogen) atoms. The number of alkyl halides is 3. The first-order valence-electron chi connectivity index (χ1n) is 6.03. The van der Waals surface area contributed by atoms with Crippen LogP contribution in [0.2, 0.25) is 0 Å². The van der Waals surface area contributed by atoms with Crippen molar-refractivity contribution in [3.8, 4) is 0 Å². The lowest BCUT2D eigenvalue weighted by atomic mass is 10.0. The molecule has 1 N–H and O–H groups in total. The minimum absolute atomic E-state index is 0.256. The highest BCUT2D eigenvalue weighted by Crippen LogP contribution is 2.29. The molecule has 0 radical (unpaired) electrons. The molecule has 1 aromatic rings. The third-order valence-electron chi connectivity index (χ3n) is 3.37. The quantitative estimate of drug-likeness (QED) is 0.926. The van der Waals surface area contributed by atoms with Crippen LogP contribution in [0.25, 0.3) is 0 Å². The summed E-state index contributed by atoms with van der Waals surface area (Å²) in [7, 11) is 1.51. The van der Waals surface area contributed by atoms with Crippen LogP contribution in [-0.2, 0) is 17.3 Å². The summed E-state index contributed by atoms with van der Waals surface area (Å²) in [5.74, 6) is 0. The van der Waals surface area contributed by atoms with Gasteiger partial charge in [-0.2, -0.15) is 13.2 Å². The highest BCUT2D eigenvalue weighted by Gasteiger charge is 2.39. The Hall–Kier alpha value is -1.76. The van der Waals surface area contributed by atoms with Gasteiger partial charge in [0.2, 0.25) is 0 Å². The van der Waals surface area contributed by atoms with E-state index in [2.05, 4.69) is 0 Å². The highest BCUT2D eigenvalue weighted by atomic mass is 19.4. The zero-order chi connectivity index (χ0) is 14.9. The summed E-state index contributed by atoms with van der Waals surface area (Å²) < 4.78 is 42.4. The van der Waals surface area contributed by atoms with Gasteiger partial charge < -0.3 is 14.7 Å². The van der Waals surface area contributed by atoms with E-state index in [4.69, 9.17) is 4.74 Å². The number of cyclic esters (lactones) is 1. The van der Waals surface area contributed by atoms with Gasteiger partial charge in [-0.3, -0.25) is 0 Å². The molecule has 1 fully saturated rings. The van der Waals surface area contributed by atoms with Crippen LogP contribution in [0.3, 0.4) is 0 Å². The van der Waals surface area contributed by atoms with E-state index >= 15 is 0 Å². The van der Waals surface area contributed by atoms with Crippen molar-refractivity contribution in [3.63, 3.8) is 0 Å². The lowest BCUT2D eigenvalue weighted by Crippen LogP contribution is -2.37. The number of rotatable bonds is 3. The van der Waals surface area contributed by atoms with Crippen molar-refractivity contribution in [2.75, 3.05) is 13.7 Å². The van der Waals surface area contributed by atoms with E-state index in [-0.39, 0.29) is 13.0 Å². The minimum atomic E-state index is -4.37. The summed E-state index contributed by atoms with van der Waals surface area (Å²) in [6, 6.07) is 4.20. The molecule has 0 aromatic heterocycles. The van der Waals surface area contributed by atoms with Crippen molar-refractivity contribution in [1.82, 2.24) is 4.90 Å². The predicted molar refractivity (Wildman–Crippen MR) is 64.1 cm³/mol. The molecule has 1 amide bonds. The van der Waals surface area contributed by atoms with Gasteiger partial charge in [-0.25, -0.2) is 4.79 Å². The number of amides is 1. The Balaban J connectivity index is 2.09. The molecular formula is C13H14F3NO3. The zero-order valence-electron chi connectivity index (χ0n) is 10.7. The van der Waals surface area contributed by atoms with E-state index in [9.17, 15) is 23.1 Å². The third kappa shape index (κ3) is 2.87. The van der Waals surface area contributed by atoms with Gasteiger partial charge in [0, 0.05) is 13.5 Å². The van der Waals surface area contributed by atoms with E-state index in [0.29, 0.717) is 5.56 Å². The number of hydrogen-bond donors (Lipinski definition) is 1. The van der Waals surface area contributed by atoms with Gasteiger partial charge in [0.1, 0.15) is 6.10 Å². The number of likely N-dealkylation sites (N-methyl/N-ethyl adjacent to an activating group) is 1. The monoisotopic (exact) mass is 289 g/mol. The van der Waals surface area contributed by atoms with Gasteiger partial charge in [0.05, 0.1) is 18.2 Å². The number of carbonyl (C=O) groups excluding carboxylic acids is 1. The van der Waals surface area contributed by atoms with Crippen molar-refractivity contribution < 1.29 is 27.8 Å². The summed E-state index contributed by atoms with van der Waals surface area (Å²) in [4.78, 5) is 12.7. The Morgan fingerprint density at radius 2 is 1.90 bits per heavy atom. The first kappa shape index (κ1) is 14.6. The van der Waals surface area contributed by atoms with E-state index in [1.165, 1.54) is 24.1 Å². The topological polar surface area (TPSA) is 49.8 Å². The number of nitrogens with zero attached hydrogens (tertiary/aromatic N) is 1. The molecule has 4 nitrogen and oxygen atoms in total. The van der Waals surface area contributed by atoms with Crippen molar-refractivity contribution >= 4 is 6.09 Å². The Labute approximate surface area is 113 Å². The second-order valence-corrected chi connectivity index (χ2v) is 4.68. The average molecular weight is 289 g/mol. The van der Waals surface area contributed by atoms with Crippen LogP contribution in [0.15, 0.2) is 24.3 Å². The van der Waals surface area contributed by atoms with Gasteiger partial charge in [0.25, 0.3) is 0 Å². The van der Waals surface area contributed by atoms with Gasteiger partial charge >= 0.3 is 12.3 Å². The predicted octanol–water partition coefficient (Wildman–Crippen LogP) is 2.06. The van der Waals surface area contributed by atoms with Crippen molar-refractivity contribution in [2.24, 2.45) is 0 Å². The molecule has 7 heteroatoms. The number of carbonyl (C=O) groups is 1. The average Bonchev–Trinajstić information content (AvgIpc) is 2.64. The maximum Gasteiger partial charge on any atom is 0.416 e. The summed E-state index contributed by atoms with van der Waals surface area (Å²) in [6.45, 7) is -0.256. The van der Waals surface area contributed by atoms with E-state index < -0.39 is 30.0 Å². The molecule has 1 aliphatic rings. The minimum Gasteiger partial charge on any atom is -0.443 e. The molecule has 1 aliphatic heterocycles. The summed E-state index contributed by atoms with van der Waals surface area (Å²) in [5, 5.41) is 9.23. The molecule has 2 atom stereocenters. The molecular weight excluding hydrogens is 275 g/mol. The summed E-state index contributed by atoms with van der Waals surface area (Å²) in [6.07, 6.45) is -5.21. The van der Waals surface area contributed by atoms with Crippen molar-refractivity contribution in [1.29, 1.82) is 0 Å². The SMILES string of the molecule is CN1C(=O)OC(Cc2ccc(C(F)(F)F)cc2)C1CO. The number of halogens is 3. The van der Waals surface area contributed by atoms with Gasteiger partial charge in [-0.15, -0.1) is 0 Å². The molecule has 0 bridgehead atoms. The smallest absolute Gasteiger partial charge is 0.416 e. The van der Waals surface area contributed by atoms with Crippen LogP contribution in [-0.4, -0.2) is 41.9 Å². The van der Waals surface area contributed by atoms with Gasteiger partial charge in [0.15, 0.2) is 0 Å². The number of ether oxygens (including phenoxy) is 1. The van der Waals surface area contributed by atoms with Gasteiger partial charge in [-0.1, -0.05) is 12.1 Å². The van der Waals surface area contributed by atoms with E-state index in [1.54, 1.807) is 0 Å². The molecule has 1 aromatic carbocycles. The highest BCUT2D eigenvalue weighted by molar-refractivity contribution is 5.70. The molecule has 2 rings (SSSR count). The summed E-state index contributed by atoms with van der Waals surface area (Å²) >= 11 is 0. The van der Waals surface area contributed by atoms with Crippen LogP contribution in [0.5, 0.6) is 0 Å². The van der Waals surface area contributed by atoms with Crippen LogP contribution in [0.1, 0.15) is 11.1 Å². The fourth-order valence-electron chi connectivity index (χ4n) is 2.16. The zero-order valence-corrected chi connectivity index (χ0v) is 10.7. The van der Waals surface area contributed by atoms with E-state index in [1.807, 2.05) is 0 Å². The Bertz CT molecular complexity index is 487. The lowest BCUT2D eigenvalue weighted by Gasteiger charge is -2.19. The number of aliphatic hydroxyl groups is 1. The third-order valence-corrected chi connectivity index (χ3v) is 3.37. The summed E-state index contributed by atoms with van der Waals surface area (Å²) in [5.41, 5.74) is -0.106. The maximum absolute atomic E-state index is 12.4. The number of aliphatic hydroxyl groups excluding tert-OH is 1. The molecule has 1 heterocycles. The van der Waals surface area contributed by atoms with Gasteiger partial charge in [-0.05, 0) is 17.7 Å². The first-order valence-corrected chi connectivity index (χ1v) is 6.03. The second kappa shape index (κ2) is 5.32. The first-order chi connectivity index (χ1) is 9.32. The molecule has 0 spiro atoms.